The second kappa shape index (κ2) is 6.12. The summed E-state index contributed by atoms with van der Waals surface area (Å²) in [5, 5.41) is 13.7. The Morgan fingerprint density at radius 3 is 2.68 bits per heavy atom. The molecular formula is C12H15FN2O4. The van der Waals surface area contributed by atoms with Gasteiger partial charge in [0.2, 0.25) is 0 Å². The molecule has 104 valence electrons. The van der Waals surface area contributed by atoms with Gasteiger partial charge in [0, 0.05) is 12.1 Å². The number of carbonyl (C=O) groups excluding carboxylic acids is 1. The highest BCUT2D eigenvalue weighted by molar-refractivity contribution is 5.98. The molecule has 0 amide bonds. The van der Waals surface area contributed by atoms with Crippen molar-refractivity contribution in [3.05, 3.63) is 33.6 Å². The third kappa shape index (κ3) is 3.18. The number of nitro benzene ring substituents is 1. The van der Waals surface area contributed by atoms with Crippen LogP contribution in [0.15, 0.2) is 12.1 Å². The molecule has 0 spiro atoms. The van der Waals surface area contributed by atoms with Crippen LogP contribution in [0.3, 0.4) is 0 Å². The van der Waals surface area contributed by atoms with E-state index in [2.05, 4.69) is 10.1 Å². The molecule has 1 aromatic rings. The van der Waals surface area contributed by atoms with E-state index < -0.39 is 22.3 Å². The fourth-order valence-corrected chi connectivity index (χ4v) is 1.51. The van der Waals surface area contributed by atoms with Gasteiger partial charge >= 0.3 is 5.97 Å². The number of ether oxygens (including phenoxy) is 1. The van der Waals surface area contributed by atoms with Crippen LogP contribution >= 0.6 is 0 Å². The third-order valence-electron chi connectivity index (χ3n) is 2.72. The highest BCUT2D eigenvalue weighted by atomic mass is 19.1. The lowest BCUT2D eigenvalue weighted by Crippen LogP contribution is -2.19. The van der Waals surface area contributed by atoms with E-state index in [4.69, 9.17) is 0 Å². The number of hydrogen-bond donors (Lipinski definition) is 1. The maximum atomic E-state index is 13.7. The average Bonchev–Trinajstić information content (AvgIpc) is 2.37. The number of hydrogen-bond acceptors (Lipinski definition) is 5. The van der Waals surface area contributed by atoms with Crippen molar-refractivity contribution in [3.8, 4) is 0 Å². The summed E-state index contributed by atoms with van der Waals surface area (Å²) in [6, 6.07) is 1.75. The van der Waals surface area contributed by atoms with Crippen molar-refractivity contribution >= 4 is 17.3 Å². The first kappa shape index (κ1) is 14.9. The van der Waals surface area contributed by atoms with Crippen LogP contribution in [0.2, 0.25) is 0 Å². The average molecular weight is 270 g/mol. The summed E-state index contributed by atoms with van der Waals surface area (Å²) >= 11 is 0. The van der Waals surface area contributed by atoms with Crippen LogP contribution in [-0.2, 0) is 4.74 Å². The number of methoxy groups -OCH3 is 1. The minimum atomic E-state index is -0.952. The Hall–Kier alpha value is -2.18. The van der Waals surface area contributed by atoms with Crippen LogP contribution in [-0.4, -0.2) is 24.0 Å². The summed E-state index contributed by atoms with van der Waals surface area (Å²) in [5.41, 5.74) is -0.953. The van der Waals surface area contributed by atoms with Gasteiger partial charge in [-0.25, -0.2) is 9.18 Å². The van der Waals surface area contributed by atoms with Crippen molar-refractivity contribution in [1.82, 2.24) is 0 Å². The summed E-state index contributed by atoms with van der Waals surface area (Å²) in [4.78, 5) is 21.9. The van der Waals surface area contributed by atoms with E-state index in [0.717, 1.165) is 19.2 Å². The predicted molar refractivity (Wildman–Crippen MR) is 67.8 cm³/mol. The molecule has 1 rings (SSSR count). The lowest BCUT2D eigenvalue weighted by molar-refractivity contribution is -0.384. The van der Waals surface area contributed by atoms with Crippen LogP contribution in [0.5, 0.6) is 0 Å². The van der Waals surface area contributed by atoms with Crippen LogP contribution in [0.25, 0.3) is 0 Å². The molecule has 19 heavy (non-hydrogen) atoms. The smallest absolute Gasteiger partial charge is 0.343 e. The Labute approximate surface area is 109 Å². The molecule has 0 aliphatic rings. The van der Waals surface area contributed by atoms with Crippen molar-refractivity contribution in [3.63, 3.8) is 0 Å². The van der Waals surface area contributed by atoms with Crippen molar-refractivity contribution in [2.45, 2.75) is 26.3 Å². The van der Waals surface area contributed by atoms with Gasteiger partial charge in [0.1, 0.15) is 17.1 Å². The normalized spacial score (nSPS) is 11.8. The SMILES string of the molecule is CCC(C)Nc1c([N+](=O)[O-])ccc(F)c1C(=O)OC. The van der Waals surface area contributed by atoms with E-state index in [1.165, 1.54) is 0 Å². The highest BCUT2D eigenvalue weighted by Crippen LogP contribution is 2.31. The van der Waals surface area contributed by atoms with Crippen LogP contribution in [0.4, 0.5) is 15.8 Å². The summed E-state index contributed by atoms with van der Waals surface area (Å²) in [6.07, 6.45) is 0.661. The summed E-state index contributed by atoms with van der Waals surface area (Å²) in [6.45, 7) is 3.64. The maximum Gasteiger partial charge on any atom is 0.343 e. The second-order valence-electron chi connectivity index (χ2n) is 4.02. The Morgan fingerprint density at radius 2 is 2.21 bits per heavy atom. The highest BCUT2D eigenvalue weighted by Gasteiger charge is 2.27. The standard InChI is InChI=1S/C12H15FN2O4/c1-4-7(2)14-11-9(15(17)18)6-5-8(13)10(11)12(16)19-3/h5-7,14H,4H2,1-3H3. The van der Waals surface area contributed by atoms with E-state index in [1.807, 2.05) is 6.92 Å². The molecule has 0 aliphatic carbocycles. The van der Waals surface area contributed by atoms with E-state index in [9.17, 15) is 19.3 Å². The molecule has 0 bridgehead atoms. The molecule has 1 atom stereocenters. The van der Waals surface area contributed by atoms with Crippen molar-refractivity contribution < 1.29 is 18.8 Å². The molecule has 0 saturated heterocycles. The molecular weight excluding hydrogens is 255 g/mol. The predicted octanol–water partition coefficient (Wildman–Crippen LogP) is 2.73. The number of nitrogens with one attached hydrogen (secondary N) is 1. The van der Waals surface area contributed by atoms with Gasteiger partial charge in [0.25, 0.3) is 5.69 Å². The van der Waals surface area contributed by atoms with Crippen LogP contribution in [0.1, 0.15) is 30.6 Å². The molecule has 0 heterocycles. The number of benzene rings is 1. The van der Waals surface area contributed by atoms with E-state index in [1.54, 1.807) is 6.92 Å². The quantitative estimate of drug-likeness (QED) is 0.505. The molecule has 0 fully saturated rings. The number of rotatable bonds is 5. The van der Waals surface area contributed by atoms with Gasteiger partial charge in [-0.15, -0.1) is 0 Å². The van der Waals surface area contributed by atoms with Crippen molar-refractivity contribution in [2.75, 3.05) is 12.4 Å². The lowest BCUT2D eigenvalue weighted by atomic mass is 10.1. The molecule has 1 unspecified atom stereocenters. The maximum absolute atomic E-state index is 13.7. The molecule has 1 aromatic carbocycles. The third-order valence-corrected chi connectivity index (χ3v) is 2.72. The summed E-state index contributed by atoms with van der Waals surface area (Å²) < 4.78 is 18.2. The number of carbonyl (C=O) groups is 1. The fourth-order valence-electron chi connectivity index (χ4n) is 1.51. The van der Waals surface area contributed by atoms with E-state index in [-0.39, 0.29) is 17.4 Å². The molecule has 1 N–H and O–H groups in total. The van der Waals surface area contributed by atoms with Crippen molar-refractivity contribution in [1.29, 1.82) is 0 Å². The number of anilines is 1. The zero-order chi connectivity index (χ0) is 14.6. The van der Waals surface area contributed by atoms with Gasteiger partial charge in [-0.2, -0.15) is 0 Å². The minimum Gasteiger partial charge on any atom is -0.465 e. The molecule has 7 heteroatoms. The Morgan fingerprint density at radius 1 is 1.58 bits per heavy atom. The first-order valence-electron chi connectivity index (χ1n) is 5.74. The van der Waals surface area contributed by atoms with E-state index in [0.29, 0.717) is 6.42 Å². The lowest BCUT2D eigenvalue weighted by Gasteiger charge is -2.16. The summed E-state index contributed by atoms with van der Waals surface area (Å²) in [5.74, 6) is -1.81. The van der Waals surface area contributed by atoms with Crippen molar-refractivity contribution in [2.24, 2.45) is 0 Å². The second-order valence-corrected chi connectivity index (χ2v) is 4.02. The van der Waals surface area contributed by atoms with Gasteiger partial charge in [-0.1, -0.05) is 6.92 Å². The number of nitrogens with zero attached hydrogens (tertiary/aromatic N) is 1. The molecule has 0 radical (unpaired) electrons. The number of esters is 1. The largest absolute Gasteiger partial charge is 0.465 e. The number of nitro groups is 1. The van der Waals surface area contributed by atoms with Gasteiger partial charge in [-0.05, 0) is 19.4 Å². The molecule has 0 aromatic heterocycles. The zero-order valence-electron chi connectivity index (χ0n) is 10.9. The topological polar surface area (TPSA) is 81.5 Å². The van der Waals surface area contributed by atoms with E-state index >= 15 is 0 Å². The fraction of sp³-hybridized carbons (Fsp3) is 0.417. The van der Waals surface area contributed by atoms with Gasteiger partial charge in [-0.3, -0.25) is 10.1 Å². The van der Waals surface area contributed by atoms with Crippen LogP contribution in [0, 0.1) is 15.9 Å². The summed E-state index contributed by atoms with van der Waals surface area (Å²) in [7, 11) is 1.09. The first-order valence-corrected chi connectivity index (χ1v) is 5.74. The Bertz CT molecular complexity index is 505. The molecule has 0 saturated carbocycles. The zero-order valence-corrected chi connectivity index (χ0v) is 10.9. The van der Waals surface area contributed by atoms with Gasteiger partial charge in [0.15, 0.2) is 0 Å². The van der Waals surface area contributed by atoms with Gasteiger partial charge < -0.3 is 10.1 Å². The monoisotopic (exact) mass is 270 g/mol. The Balaban J connectivity index is 3.45. The molecule has 6 nitrogen and oxygen atoms in total. The van der Waals surface area contributed by atoms with Crippen LogP contribution < -0.4 is 5.32 Å². The van der Waals surface area contributed by atoms with Gasteiger partial charge in [0.05, 0.1) is 12.0 Å². The first-order chi connectivity index (χ1) is 8.92. The Kier molecular flexibility index (Phi) is 4.80. The minimum absolute atomic E-state index is 0.147. The number of halogens is 1. The molecule has 0 aliphatic heterocycles.